The Hall–Kier alpha value is -1.24. The Labute approximate surface area is 124 Å². The summed E-state index contributed by atoms with van der Waals surface area (Å²) in [4.78, 5) is 0. The maximum Gasteiger partial charge on any atom is 0.104 e. The van der Waals surface area contributed by atoms with Crippen LogP contribution in [-0.4, -0.2) is 48.8 Å². The van der Waals surface area contributed by atoms with Crippen molar-refractivity contribution in [3.8, 4) is 0 Å². The molecule has 2 heterocycles. The smallest absolute Gasteiger partial charge is 0.104 e. The van der Waals surface area contributed by atoms with Crippen molar-refractivity contribution in [3.05, 3.63) is 41.5 Å². The highest BCUT2D eigenvalue weighted by atomic mass is 16.6. The molecule has 0 amide bonds. The molecule has 2 saturated heterocycles. The van der Waals surface area contributed by atoms with Gasteiger partial charge in [-0.3, -0.25) is 0 Å². The van der Waals surface area contributed by atoms with E-state index in [0.29, 0.717) is 12.2 Å². The van der Waals surface area contributed by atoms with Gasteiger partial charge >= 0.3 is 0 Å². The van der Waals surface area contributed by atoms with Crippen molar-refractivity contribution in [2.75, 3.05) is 26.4 Å². The molecule has 0 aliphatic carbocycles. The van der Waals surface area contributed by atoms with Gasteiger partial charge in [-0.05, 0) is 22.8 Å². The van der Waals surface area contributed by atoms with Crippen molar-refractivity contribution < 1.29 is 24.4 Å². The third kappa shape index (κ3) is 5.95. The maximum absolute atomic E-state index is 8.92. The van der Waals surface area contributed by atoms with Crippen LogP contribution < -0.4 is 0 Å². The minimum Gasteiger partial charge on any atom is -0.392 e. The monoisotopic (exact) mass is 294 g/mol. The summed E-state index contributed by atoms with van der Waals surface area (Å²) in [5.74, 6) is 0. The lowest BCUT2D eigenvalue weighted by atomic mass is 10.1. The molecular formula is C16H22O5. The molecular weight excluding hydrogens is 272 g/mol. The molecule has 2 aliphatic heterocycles. The SMILES string of the molecule is C(OCC1CO1)C1CO1.C=Cc1ccc(CO)c(CO)c1. The van der Waals surface area contributed by atoms with Gasteiger partial charge in [-0.25, -0.2) is 0 Å². The number of ether oxygens (including phenoxy) is 3. The van der Waals surface area contributed by atoms with Gasteiger partial charge in [-0.2, -0.15) is 0 Å². The number of aliphatic hydroxyl groups excluding tert-OH is 2. The Balaban J connectivity index is 0.000000159. The van der Waals surface area contributed by atoms with Crippen LogP contribution in [0, 0.1) is 0 Å². The minimum atomic E-state index is -0.0441. The molecule has 0 bridgehead atoms. The van der Waals surface area contributed by atoms with E-state index < -0.39 is 0 Å². The zero-order chi connectivity index (χ0) is 15.1. The van der Waals surface area contributed by atoms with Crippen LogP contribution in [0.25, 0.3) is 6.08 Å². The lowest BCUT2D eigenvalue weighted by molar-refractivity contribution is 0.102. The third-order valence-corrected chi connectivity index (χ3v) is 3.22. The average molecular weight is 294 g/mol. The van der Waals surface area contributed by atoms with Crippen molar-refractivity contribution in [2.45, 2.75) is 25.4 Å². The second-order valence-corrected chi connectivity index (χ2v) is 5.00. The summed E-state index contributed by atoms with van der Waals surface area (Å²) < 4.78 is 15.1. The third-order valence-electron chi connectivity index (χ3n) is 3.22. The van der Waals surface area contributed by atoms with E-state index in [1.165, 1.54) is 0 Å². The molecule has 116 valence electrons. The van der Waals surface area contributed by atoms with Crippen LogP contribution in [0.4, 0.5) is 0 Å². The standard InChI is InChI=1S/C10H12O2.C6H10O3/c1-2-8-3-4-9(6-11)10(5-8)7-12;1(5-3-8-5)7-2-6-4-9-6/h2-5,11-12H,1,6-7H2;5-6H,1-4H2. The van der Waals surface area contributed by atoms with E-state index in [2.05, 4.69) is 6.58 Å². The molecule has 0 saturated carbocycles. The molecule has 2 unspecified atom stereocenters. The molecule has 2 atom stereocenters. The first-order valence-electron chi connectivity index (χ1n) is 7.03. The van der Waals surface area contributed by atoms with E-state index in [9.17, 15) is 0 Å². The number of benzene rings is 1. The first kappa shape index (κ1) is 16.1. The minimum absolute atomic E-state index is 0.0344. The Kier molecular flexibility index (Phi) is 6.35. The summed E-state index contributed by atoms with van der Waals surface area (Å²) in [6.07, 6.45) is 2.49. The van der Waals surface area contributed by atoms with Gasteiger partial charge in [0.25, 0.3) is 0 Å². The topological polar surface area (TPSA) is 74.8 Å². The molecule has 21 heavy (non-hydrogen) atoms. The van der Waals surface area contributed by atoms with Crippen LogP contribution in [0.5, 0.6) is 0 Å². The van der Waals surface area contributed by atoms with E-state index in [1.807, 2.05) is 12.1 Å². The normalized spacial score (nSPS) is 22.2. The molecule has 5 heteroatoms. The summed E-state index contributed by atoms with van der Waals surface area (Å²) >= 11 is 0. The quantitative estimate of drug-likeness (QED) is 0.737. The van der Waals surface area contributed by atoms with Crippen molar-refractivity contribution >= 4 is 6.08 Å². The predicted octanol–water partition coefficient (Wildman–Crippen LogP) is 1.11. The van der Waals surface area contributed by atoms with Crippen LogP contribution >= 0.6 is 0 Å². The van der Waals surface area contributed by atoms with Crippen LogP contribution in [0.2, 0.25) is 0 Å². The highest BCUT2D eigenvalue weighted by molar-refractivity contribution is 5.49. The van der Waals surface area contributed by atoms with E-state index in [-0.39, 0.29) is 13.2 Å². The van der Waals surface area contributed by atoms with Gasteiger partial charge in [0.1, 0.15) is 12.2 Å². The summed E-state index contributed by atoms with van der Waals surface area (Å²) in [5.41, 5.74) is 2.48. The molecule has 1 aromatic carbocycles. The summed E-state index contributed by atoms with van der Waals surface area (Å²) in [5, 5.41) is 17.8. The van der Waals surface area contributed by atoms with Crippen LogP contribution in [0.1, 0.15) is 16.7 Å². The van der Waals surface area contributed by atoms with Gasteiger partial charge in [0.2, 0.25) is 0 Å². The highest BCUT2D eigenvalue weighted by Gasteiger charge is 2.26. The second kappa shape index (κ2) is 8.26. The molecule has 0 spiro atoms. The zero-order valence-corrected chi connectivity index (χ0v) is 12.0. The largest absolute Gasteiger partial charge is 0.392 e. The molecule has 2 fully saturated rings. The van der Waals surface area contributed by atoms with Gasteiger partial charge in [-0.1, -0.05) is 24.8 Å². The fourth-order valence-corrected chi connectivity index (χ4v) is 1.73. The van der Waals surface area contributed by atoms with Crippen molar-refractivity contribution in [2.24, 2.45) is 0 Å². The number of hydrogen-bond donors (Lipinski definition) is 2. The number of rotatable bonds is 7. The van der Waals surface area contributed by atoms with Gasteiger partial charge in [0.15, 0.2) is 0 Å². The Morgan fingerprint density at radius 1 is 1.10 bits per heavy atom. The first-order valence-corrected chi connectivity index (χ1v) is 7.03. The predicted molar refractivity (Wildman–Crippen MR) is 78.7 cm³/mol. The Morgan fingerprint density at radius 3 is 2.10 bits per heavy atom. The van der Waals surface area contributed by atoms with Crippen molar-refractivity contribution in [1.29, 1.82) is 0 Å². The van der Waals surface area contributed by atoms with Gasteiger partial charge in [-0.15, -0.1) is 0 Å². The fraction of sp³-hybridized carbons (Fsp3) is 0.500. The molecule has 2 N–H and O–H groups in total. The first-order chi connectivity index (χ1) is 10.3. The molecule has 3 rings (SSSR count). The fourth-order valence-electron chi connectivity index (χ4n) is 1.73. The van der Waals surface area contributed by atoms with E-state index in [1.54, 1.807) is 12.1 Å². The number of hydrogen-bond acceptors (Lipinski definition) is 5. The van der Waals surface area contributed by atoms with Gasteiger partial charge < -0.3 is 24.4 Å². The van der Waals surface area contributed by atoms with Crippen molar-refractivity contribution in [3.63, 3.8) is 0 Å². The molecule has 2 aliphatic rings. The molecule has 5 nitrogen and oxygen atoms in total. The zero-order valence-electron chi connectivity index (χ0n) is 12.0. The van der Waals surface area contributed by atoms with Crippen LogP contribution in [0.3, 0.4) is 0 Å². The van der Waals surface area contributed by atoms with E-state index in [0.717, 1.165) is 43.1 Å². The summed E-state index contributed by atoms with van der Waals surface area (Å²) in [6.45, 7) is 6.80. The van der Waals surface area contributed by atoms with Gasteiger partial charge in [0.05, 0.1) is 39.6 Å². The second-order valence-electron chi connectivity index (χ2n) is 5.00. The van der Waals surface area contributed by atoms with Crippen molar-refractivity contribution in [1.82, 2.24) is 0 Å². The summed E-state index contributed by atoms with van der Waals surface area (Å²) in [6, 6.07) is 5.47. The van der Waals surface area contributed by atoms with Crippen LogP contribution in [-0.2, 0) is 27.4 Å². The lowest BCUT2D eigenvalue weighted by Gasteiger charge is -2.04. The van der Waals surface area contributed by atoms with Gasteiger partial charge in [0, 0.05) is 0 Å². The highest BCUT2D eigenvalue weighted by Crippen LogP contribution is 2.13. The number of aliphatic hydroxyl groups is 2. The van der Waals surface area contributed by atoms with E-state index >= 15 is 0 Å². The maximum atomic E-state index is 8.92. The lowest BCUT2D eigenvalue weighted by Crippen LogP contribution is -2.06. The van der Waals surface area contributed by atoms with E-state index in [4.69, 9.17) is 24.4 Å². The summed E-state index contributed by atoms with van der Waals surface area (Å²) in [7, 11) is 0. The Bertz CT molecular complexity index is 440. The molecule has 0 aromatic heterocycles. The molecule has 0 radical (unpaired) electrons. The van der Waals surface area contributed by atoms with Crippen LogP contribution in [0.15, 0.2) is 24.8 Å². The number of epoxide rings is 2. The molecule has 1 aromatic rings. The Morgan fingerprint density at radius 2 is 1.67 bits per heavy atom. The average Bonchev–Trinajstić information content (AvgIpc) is 3.42.